The average Bonchev–Trinajstić information content (AvgIpc) is 2.31. The van der Waals surface area contributed by atoms with Gasteiger partial charge in [-0.25, -0.2) is 0 Å². The molecule has 2 atom stereocenters. The van der Waals surface area contributed by atoms with E-state index in [1.807, 2.05) is 62.3 Å². The minimum atomic E-state index is -0.952. The van der Waals surface area contributed by atoms with Crippen molar-refractivity contribution in [3.8, 4) is 0 Å². The smallest absolute Gasteiger partial charge is 0.308 e. The summed E-state index contributed by atoms with van der Waals surface area (Å²) in [6, 6.07) is -0.565. The largest absolute Gasteiger partial charge is 0.460 e. The second-order valence-electron chi connectivity index (χ2n) is 8.83. The highest BCUT2D eigenvalue weighted by Gasteiger charge is 2.41. The molecular weight excluding hydrogens is 306 g/mol. The van der Waals surface area contributed by atoms with Crippen LogP contribution in [0.25, 0.3) is 0 Å². The van der Waals surface area contributed by atoms with Crippen LogP contribution in [0, 0.1) is 0 Å². The number of carbonyl (C=O) groups is 2. The molecule has 0 aromatic rings. The first kappa shape index (κ1) is 23.1. The van der Waals surface area contributed by atoms with Gasteiger partial charge in [-0.1, -0.05) is 20.8 Å². The van der Waals surface area contributed by atoms with Gasteiger partial charge in [0, 0.05) is 6.04 Å². The zero-order valence-electron chi connectivity index (χ0n) is 17.2. The van der Waals surface area contributed by atoms with Gasteiger partial charge in [-0.15, -0.1) is 0 Å². The molecule has 0 saturated heterocycles. The minimum absolute atomic E-state index is 0.00260. The standard InChI is InChI=1S/C19H37NO4/c1-11-19(10,24-18(7,8)9)16(22)14(20-13(2)3)12-15(21)23-17(4,5)6/h13-14,20H,11-12H2,1-10H3. The van der Waals surface area contributed by atoms with Crippen molar-refractivity contribution in [2.75, 3.05) is 0 Å². The summed E-state index contributed by atoms with van der Waals surface area (Å²) >= 11 is 0. The maximum atomic E-state index is 13.1. The molecule has 0 radical (unpaired) electrons. The van der Waals surface area contributed by atoms with E-state index in [1.54, 1.807) is 6.92 Å². The molecule has 0 aromatic carbocycles. The van der Waals surface area contributed by atoms with Gasteiger partial charge in [0.25, 0.3) is 0 Å². The third-order valence-corrected chi connectivity index (χ3v) is 3.37. The lowest BCUT2D eigenvalue weighted by atomic mass is 9.89. The zero-order chi connectivity index (χ0) is 19.3. The summed E-state index contributed by atoms with van der Waals surface area (Å²) in [5, 5.41) is 3.19. The molecule has 0 aliphatic carbocycles. The van der Waals surface area contributed by atoms with Crippen molar-refractivity contribution in [1.82, 2.24) is 5.32 Å². The number of ether oxygens (including phenoxy) is 2. The van der Waals surface area contributed by atoms with Gasteiger partial charge >= 0.3 is 5.97 Å². The summed E-state index contributed by atoms with van der Waals surface area (Å²) in [4.78, 5) is 25.3. The highest BCUT2D eigenvalue weighted by atomic mass is 16.6. The normalized spacial score (nSPS) is 16.6. The Morgan fingerprint density at radius 2 is 1.46 bits per heavy atom. The molecule has 0 aromatic heterocycles. The number of hydrogen-bond acceptors (Lipinski definition) is 5. The minimum Gasteiger partial charge on any atom is -0.460 e. The number of nitrogens with one attached hydrogen (secondary N) is 1. The van der Waals surface area contributed by atoms with E-state index in [0.717, 1.165) is 0 Å². The number of carbonyl (C=O) groups excluding carboxylic acids is 2. The van der Waals surface area contributed by atoms with Crippen molar-refractivity contribution in [3.05, 3.63) is 0 Å². The Balaban J connectivity index is 5.34. The summed E-state index contributed by atoms with van der Waals surface area (Å²) in [5.41, 5.74) is -1.97. The average molecular weight is 344 g/mol. The van der Waals surface area contributed by atoms with E-state index in [9.17, 15) is 9.59 Å². The van der Waals surface area contributed by atoms with Crippen molar-refractivity contribution in [2.24, 2.45) is 0 Å². The fourth-order valence-electron chi connectivity index (χ4n) is 2.52. The maximum absolute atomic E-state index is 13.1. The van der Waals surface area contributed by atoms with Gasteiger partial charge in [0.15, 0.2) is 5.78 Å². The molecule has 1 N–H and O–H groups in total. The van der Waals surface area contributed by atoms with Gasteiger partial charge in [0.05, 0.1) is 18.1 Å². The second-order valence-corrected chi connectivity index (χ2v) is 8.83. The summed E-state index contributed by atoms with van der Waals surface area (Å²) in [6.45, 7) is 18.8. The monoisotopic (exact) mass is 343 g/mol. The van der Waals surface area contributed by atoms with Crippen LogP contribution >= 0.6 is 0 Å². The van der Waals surface area contributed by atoms with Gasteiger partial charge < -0.3 is 14.8 Å². The van der Waals surface area contributed by atoms with Crippen LogP contribution in [0.4, 0.5) is 0 Å². The Morgan fingerprint density at radius 1 is 0.958 bits per heavy atom. The molecule has 0 spiro atoms. The molecule has 0 aliphatic rings. The van der Waals surface area contributed by atoms with Crippen LogP contribution < -0.4 is 5.32 Å². The highest BCUT2D eigenvalue weighted by Crippen LogP contribution is 2.26. The Labute approximate surface area is 147 Å². The quantitative estimate of drug-likeness (QED) is 0.682. The highest BCUT2D eigenvalue weighted by molar-refractivity contribution is 5.94. The molecule has 0 heterocycles. The summed E-state index contributed by atoms with van der Waals surface area (Å²) in [6.07, 6.45) is 0.533. The van der Waals surface area contributed by atoms with Crippen LogP contribution in [0.3, 0.4) is 0 Å². The summed E-state index contributed by atoms with van der Waals surface area (Å²) in [5.74, 6) is -0.498. The molecule has 5 nitrogen and oxygen atoms in total. The van der Waals surface area contributed by atoms with Gasteiger partial charge in [0.1, 0.15) is 11.2 Å². The third-order valence-electron chi connectivity index (χ3n) is 3.37. The van der Waals surface area contributed by atoms with Crippen LogP contribution in [0.2, 0.25) is 0 Å². The van der Waals surface area contributed by atoms with Gasteiger partial charge in [-0.2, -0.15) is 0 Å². The van der Waals surface area contributed by atoms with Gasteiger partial charge in [-0.05, 0) is 54.9 Å². The summed E-state index contributed by atoms with van der Waals surface area (Å²) < 4.78 is 11.4. The van der Waals surface area contributed by atoms with Gasteiger partial charge in [-0.3, -0.25) is 9.59 Å². The lowest BCUT2D eigenvalue weighted by Gasteiger charge is -2.37. The maximum Gasteiger partial charge on any atom is 0.308 e. The predicted octanol–water partition coefficient (Wildman–Crippen LogP) is 3.64. The number of esters is 1. The van der Waals surface area contributed by atoms with E-state index in [4.69, 9.17) is 9.47 Å². The fourth-order valence-corrected chi connectivity index (χ4v) is 2.52. The molecule has 24 heavy (non-hydrogen) atoms. The van der Waals surface area contributed by atoms with E-state index < -0.39 is 22.8 Å². The van der Waals surface area contributed by atoms with Crippen molar-refractivity contribution >= 4 is 11.8 Å². The molecule has 2 unspecified atom stereocenters. The Bertz CT molecular complexity index is 432. The van der Waals surface area contributed by atoms with Crippen LogP contribution in [0.15, 0.2) is 0 Å². The van der Waals surface area contributed by atoms with Crippen molar-refractivity contribution in [2.45, 2.75) is 111 Å². The molecule has 0 rings (SSSR count). The molecule has 5 heteroatoms. The number of ketones is 1. The van der Waals surface area contributed by atoms with Crippen molar-refractivity contribution < 1.29 is 19.1 Å². The number of hydrogen-bond donors (Lipinski definition) is 1. The molecule has 0 amide bonds. The number of Topliss-reactive ketones (excluding diaryl/α,β-unsaturated/α-hetero) is 1. The van der Waals surface area contributed by atoms with Crippen molar-refractivity contribution in [3.63, 3.8) is 0 Å². The third kappa shape index (κ3) is 8.78. The number of rotatable bonds is 8. The van der Waals surface area contributed by atoms with E-state index >= 15 is 0 Å². The Morgan fingerprint density at radius 3 is 1.79 bits per heavy atom. The predicted molar refractivity (Wildman–Crippen MR) is 97.1 cm³/mol. The second kappa shape index (κ2) is 8.43. The fraction of sp³-hybridized carbons (Fsp3) is 0.895. The molecule has 0 bridgehead atoms. The first-order valence-corrected chi connectivity index (χ1v) is 8.82. The van der Waals surface area contributed by atoms with Gasteiger partial charge in [0.2, 0.25) is 0 Å². The van der Waals surface area contributed by atoms with Crippen LogP contribution in [-0.2, 0) is 19.1 Å². The van der Waals surface area contributed by atoms with Crippen LogP contribution in [0.1, 0.15) is 82.1 Å². The van der Waals surface area contributed by atoms with E-state index in [2.05, 4.69) is 5.32 Å². The topological polar surface area (TPSA) is 64.6 Å². The first-order valence-electron chi connectivity index (χ1n) is 8.82. The zero-order valence-corrected chi connectivity index (χ0v) is 17.2. The molecule has 142 valence electrons. The Kier molecular flexibility index (Phi) is 8.10. The Hall–Kier alpha value is -0.940. The molecule has 0 aliphatic heterocycles. The van der Waals surface area contributed by atoms with Crippen LogP contribution in [0.5, 0.6) is 0 Å². The van der Waals surface area contributed by atoms with E-state index in [0.29, 0.717) is 6.42 Å². The van der Waals surface area contributed by atoms with Crippen LogP contribution in [-0.4, -0.2) is 40.6 Å². The lowest BCUT2D eigenvalue weighted by Crippen LogP contribution is -2.54. The molecule has 0 fully saturated rings. The molecular formula is C19H37NO4. The van der Waals surface area contributed by atoms with Crippen molar-refractivity contribution in [1.29, 1.82) is 0 Å². The molecule has 0 saturated carbocycles. The lowest BCUT2D eigenvalue weighted by molar-refractivity contribution is -0.167. The summed E-state index contributed by atoms with van der Waals surface area (Å²) in [7, 11) is 0. The first-order chi connectivity index (χ1) is 10.6. The SMILES string of the molecule is CCC(C)(OC(C)(C)C)C(=O)C(CC(=O)OC(C)(C)C)NC(C)C. The van der Waals surface area contributed by atoms with E-state index in [1.165, 1.54) is 0 Å². The van der Waals surface area contributed by atoms with E-state index in [-0.39, 0.29) is 24.2 Å².